The Morgan fingerprint density at radius 2 is 1.60 bits per heavy atom. The molecule has 0 fully saturated rings. The van der Waals surface area contributed by atoms with Crippen LogP contribution in [0.25, 0.3) is 0 Å². The van der Waals surface area contributed by atoms with Crippen molar-refractivity contribution in [3.63, 3.8) is 0 Å². The van der Waals surface area contributed by atoms with Crippen molar-refractivity contribution in [2.75, 3.05) is 23.7 Å². The SMILES string of the molecule is NC(=O)CN(CC(N)=O)c1cc(S(N)(=O)=O)ccc1N. The van der Waals surface area contributed by atoms with Gasteiger partial charge in [-0.15, -0.1) is 0 Å². The first-order chi connectivity index (χ1) is 9.11. The van der Waals surface area contributed by atoms with E-state index in [1.807, 2.05) is 0 Å². The van der Waals surface area contributed by atoms with E-state index >= 15 is 0 Å². The number of rotatable bonds is 6. The highest BCUT2D eigenvalue weighted by molar-refractivity contribution is 7.89. The van der Waals surface area contributed by atoms with Crippen molar-refractivity contribution in [3.8, 4) is 0 Å². The number of benzene rings is 1. The fraction of sp³-hybridized carbons (Fsp3) is 0.200. The van der Waals surface area contributed by atoms with E-state index in [-0.39, 0.29) is 29.4 Å². The van der Waals surface area contributed by atoms with Crippen molar-refractivity contribution in [2.24, 2.45) is 16.6 Å². The number of carbonyl (C=O) groups excluding carboxylic acids is 2. The number of hydrogen-bond donors (Lipinski definition) is 4. The van der Waals surface area contributed by atoms with Crippen molar-refractivity contribution in [2.45, 2.75) is 4.90 Å². The molecule has 0 heterocycles. The summed E-state index contributed by atoms with van der Waals surface area (Å²) in [5.41, 5.74) is 16.1. The number of anilines is 2. The number of amides is 2. The molecule has 20 heavy (non-hydrogen) atoms. The predicted octanol–water partition coefficient (Wildman–Crippen LogP) is -2.31. The smallest absolute Gasteiger partial charge is 0.238 e. The molecule has 0 aliphatic carbocycles. The summed E-state index contributed by atoms with van der Waals surface area (Å²) in [5, 5.41) is 5.01. The van der Waals surface area contributed by atoms with Gasteiger partial charge < -0.3 is 22.1 Å². The Labute approximate surface area is 115 Å². The Bertz CT molecular complexity index is 627. The Morgan fingerprint density at radius 3 is 2.00 bits per heavy atom. The molecule has 1 aromatic carbocycles. The van der Waals surface area contributed by atoms with Crippen molar-refractivity contribution in [1.82, 2.24) is 0 Å². The van der Waals surface area contributed by atoms with E-state index in [0.29, 0.717) is 0 Å². The molecule has 2 amide bonds. The van der Waals surface area contributed by atoms with Crippen LogP contribution in [0, 0.1) is 0 Å². The lowest BCUT2D eigenvalue weighted by Gasteiger charge is -2.23. The maximum Gasteiger partial charge on any atom is 0.238 e. The van der Waals surface area contributed by atoms with E-state index < -0.39 is 21.8 Å². The minimum Gasteiger partial charge on any atom is -0.397 e. The highest BCUT2D eigenvalue weighted by atomic mass is 32.2. The van der Waals surface area contributed by atoms with Gasteiger partial charge in [0.05, 0.1) is 29.4 Å². The molecular formula is C10H15N5O4S. The summed E-state index contributed by atoms with van der Waals surface area (Å²) in [6, 6.07) is 3.65. The van der Waals surface area contributed by atoms with Crippen LogP contribution in [0.1, 0.15) is 0 Å². The first kappa shape index (κ1) is 15.7. The minimum absolute atomic E-state index is 0.133. The second-order valence-corrected chi connectivity index (χ2v) is 5.62. The number of sulfonamides is 1. The van der Waals surface area contributed by atoms with Gasteiger partial charge in [0.1, 0.15) is 0 Å². The molecule has 0 aromatic heterocycles. The Morgan fingerprint density at radius 1 is 1.10 bits per heavy atom. The first-order valence-corrected chi connectivity index (χ1v) is 6.89. The van der Waals surface area contributed by atoms with Crippen LogP contribution >= 0.6 is 0 Å². The lowest BCUT2D eigenvalue weighted by Crippen LogP contribution is -2.40. The summed E-state index contributed by atoms with van der Waals surface area (Å²) in [6.07, 6.45) is 0. The lowest BCUT2D eigenvalue weighted by atomic mass is 10.2. The molecule has 0 saturated heterocycles. The number of hydrogen-bond acceptors (Lipinski definition) is 6. The van der Waals surface area contributed by atoms with E-state index in [1.54, 1.807) is 0 Å². The summed E-state index contributed by atoms with van der Waals surface area (Å²) >= 11 is 0. The van der Waals surface area contributed by atoms with Crippen molar-refractivity contribution >= 4 is 33.2 Å². The van der Waals surface area contributed by atoms with Crippen LogP contribution in [-0.2, 0) is 19.6 Å². The van der Waals surface area contributed by atoms with Crippen LogP contribution < -0.4 is 27.2 Å². The lowest BCUT2D eigenvalue weighted by molar-refractivity contribution is -0.117. The van der Waals surface area contributed by atoms with Gasteiger partial charge in [-0.2, -0.15) is 0 Å². The molecular weight excluding hydrogens is 286 g/mol. The number of primary sulfonamides is 1. The second kappa shape index (κ2) is 5.75. The minimum atomic E-state index is -3.95. The van der Waals surface area contributed by atoms with Gasteiger partial charge in [0.2, 0.25) is 21.8 Å². The monoisotopic (exact) mass is 301 g/mol. The standard InChI is InChI=1S/C10H15N5O4S/c11-7-2-1-6(20(14,18)19)3-8(7)15(4-9(12)16)5-10(13)17/h1-3H,4-5,11H2,(H2,12,16)(H2,13,17)(H2,14,18,19). The van der Waals surface area contributed by atoms with Crippen molar-refractivity contribution in [3.05, 3.63) is 18.2 Å². The quantitative estimate of drug-likeness (QED) is 0.429. The molecule has 0 aliphatic rings. The number of nitrogens with zero attached hydrogens (tertiary/aromatic N) is 1. The largest absolute Gasteiger partial charge is 0.397 e. The average Bonchev–Trinajstić information content (AvgIpc) is 2.25. The predicted molar refractivity (Wildman–Crippen MR) is 72.8 cm³/mol. The summed E-state index contributed by atoms with van der Waals surface area (Å²) in [7, 11) is -3.95. The van der Waals surface area contributed by atoms with Gasteiger partial charge in [-0.05, 0) is 18.2 Å². The molecule has 0 radical (unpaired) electrons. The maximum absolute atomic E-state index is 11.3. The molecule has 0 saturated carbocycles. The van der Waals surface area contributed by atoms with E-state index in [2.05, 4.69) is 0 Å². The van der Waals surface area contributed by atoms with E-state index in [0.717, 1.165) is 6.07 Å². The molecule has 110 valence electrons. The fourth-order valence-corrected chi connectivity index (χ4v) is 2.11. The molecule has 1 aromatic rings. The van der Waals surface area contributed by atoms with Gasteiger partial charge in [-0.1, -0.05) is 0 Å². The van der Waals surface area contributed by atoms with Crippen LogP contribution in [-0.4, -0.2) is 33.3 Å². The van der Waals surface area contributed by atoms with Crippen LogP contribution in [0.15, 0.2) is 23.1 Å². The van der Waals surface area contributed by atoms with Gasteiger partial charge in [-0.25, -0.2) is 13.6 Å². The zero-order chi connectivity index (χ0) is 15.5. The molecule has 1 rings (SSSR count). The fourth-order valence-electron chi connectivity index (χ4n) is 1.58. The summed E-state index contributed by atoms with van der Waals surface area (Å²) in [4.78, 5) is 23.0. The zero-order valence-corrected chi connectivity index (χ0v) is 11.3. The van der Waals surface area contributed by atoms with Crippen LogP contribution in [0.2, 0.25) is 0 Å². The van der Waals surface area contributed by atoms with Crippen LogP contribution in [0.3, 0.4) is 0 Å². The summed E-state index contributed by atoms with van der Waals surface area (Å²) < 4.78 is 22.6. The maximum atomic E-state index is 11.3. The summed E-state index contributed by atoms with van der Waals surface area (Å²) in [6.45, 7) is -0.692. The zero-order valence-electron chi connectivity index (χ0n) is 10.4. The Hall–Kier alpha value is -2.33. The third-order valence-electron chi connectivity index (χ3n) is 2.36. The van der Waals surface area contributed by atoms with Crippen molar-refractivity contribution < 1.29 is 18.0 Å². The highest BCUT2D eigenvalue weighted by Crippen LogP contribution is 2.26. The molecule has 0 atom stereocenters. The van der Waals surface area contributed by atoms with Gasteiger partial charge in [0.15, 0.2) is 0 Å². The van der Waals surface area contributed by atoms with Gasteiger partial charge >= 0.3 is 0 Å². The molecule has 0 unspecified atom stereocenters. The third kappa shape index (κ3) is 4.10. The van der Waals surface area contributed by atoms with Gasteiger partial charge in [-0.3, -0.25) is 9.59 Å². The van der Waals surface area contributed by atoms with Crippen LogP contribution in [0.4, 0.5) is 11.4 Å². The molecule has 0 bridgehead atoms. The van der Waals surface area contributed by atoms with E-state index in [1.165, 1.54) is 17.0 Å². The molecule has 0 aliphatic heterocycles. The first-order valence-electron chi connectivity index (χ1n) is 5.35. The third-order valence-corrected chi connectivity index (χ3v) is 3.28. The average molecular weight is 301 g/mol. The number of nitrogen functional groups attached to an aromatic ring is 1. The number of nitrogens with two attached hydrogens (primary N) is 4. The molecule has 9 nitrogen and oxygen atoms in total. The molecule has 8 N–H and O–H groups in total. The summed E-state index contributed by atoms with van der Waals surface area (Å²) in [5.74, 6) is -1.46. The van der Waals surface area contributed by atoms with E-state index in [9.17, 15) is 18.0 Å². The van der Waals surface area contributed by atoms with Crippen molar-refractivity contribution in [1.29, 1.82) is 0 Å². The van der Waals surface area contributed by atoms with Crippen LogP contribution in [0.5, 0.6) is 0 Å². The Kier molecular flexibility index (Phi) is 4.53. The molecule has 0 spiro atoms. The van der Waals surface area contributed by atoms with Gasteiger partial charge in [0, 0.05) is 0 Å². The van der Waals surface area contributed by atoms with Gasteiger partial charge in [0.25, 0.3) is 0 Å². The normalized spacial score (nSPS) is 11.1. The molecule has 10 heteroatoms. The Balaban J connectivity index is 3.31. The topological polar surface area (TPSA) is 176 Å². The van der Waals surface area contributed by atoms with E-state index in [4.69, 9.17) is 22.3 Å². The second-order valence-electron chi connectivity index (χ2n) is 4.05. The highest BCUT2D eigenvalue weighted by Gasteiger charge is 2.18. The number of primary amides is 2. The number of carbonyl (C=O) groups is 2.